The molecule has 1 aromatic heterocycles. The molecule has 0 bridgehead atoms. The van der Waals surface area contributed by atoms with Crippen LogP contribution in [0.4, 0.5) is 5.82 Å². The van der Waals surface area contributed by atoms with Crippen molar-refractivity contribution in [2.45, 2.75) is 0 Å². The first-order chi connectivity index (χ1) is 11.1. The Morgan fingerprint density at radius 1 is 1.00 bits per heavy atom. The van der Waals surface area contributed by atoms with E-state index in [4.69, 9.17) is 39.5 Å². The number of ether oxygens (including phenoxy) is 1. The van der Waals surface area contributed by atoms with E-state index in [1.54, 1.807) is 12.1 Å². The minimum absolute atomic E-state index is 0.374. The Labute approximate surface area is 148 Å². The van der Waals surface area contributed by atoms with Crippen molar-refractivity contribution >= 4 is 51.5 Å². The minimum atomic E-state index is 0.374. The Bertz CT molecular complexity index is 813. The summed E-state index contributed by atoms with van der Waals surface area (Å²) in [5.41, 5.74) is 0.884. The molecule has 23 heavy (non-hydrogen) atoms. The smallest absolute Gasteiger partial charge is 0.156 e. The number of para-hydroxylation sites is 1. The van der Waals surface area contributed by atoms with Gasteiger partial charge in [-0.1, -0.05) is 46.9 Å². The van der Waals surface area contributed by atoms with Gasteiger partial charge in [0.2, 0.25) is 0 Å². The molecule has 3 aromatic rings. The molecule has 7 heteroatoms. The minimum Gasteiger partial charge on any atom is -0.489 e. The molecule has 0 saturated carbocycles. The summed E-state index contributed by atoms with van der Waals surface area (Å²) in [5.74, 6) is 1.18. The number of rotatable bonds is 5. The number of benzene rings is 2. The Morgan fingerprint density at radius 2 is 1.74 bits per heavy atom. The first kappa shape index (κ1) is 16.1. The van der Waals surface area contributed by atoms with Gasteiger partial charge in [0.05, 0.1) is 22.1 Å². The van der Waals surface area contributed by atoms with Crippen LogP contribution in [0, 0.1) is 0 Å². The summed E-state index contributed by atoms with van der Waals surface area (Å²) in [6, 6.07) is 11.0. The van der Waals surface area contributed by atoms with Crippen LogP contribution in [-0.4, -0.2) is 23.1 Å². The molecule has 0 saturated heterocycles. The van der Waals surface area contributed by atoms with E-state index in [1.807, 2.05) is 24.3 Å². The van der Waals surface area contributed by atoms with Gasteiger partial charge in [0.25, 0.3) is 0 Å². The van der Waals surface area contributed by atoms with Crippen molar-refractivity contribution in [3.63, 3.8) is 0 Å². The zero-order valence-electron chi connectivity index (χ0n) is 11.9. The van der Waals surface area contributed by atoms with E-state index in [0.29, 0.717) is 34.0 Å². The van der Waals surface area contributed by atoms with E-state index in [0.717, 1.165) is 16.7 Å². The van der Waals surface area contributed by atoms with Crippen molar-refractivity contribution < 1.29 is 4.74 Å². The normalized spacial score (nSPS) is 10.7. The molecular weight excluding hydrogens is 357 g/mol. The number of halogens is 3. The van der Waals surface area contributed by atoms with Crippen molar-refractivity contribution in [3.05, 3.63) is 57.8 Å². The summed E-state index contributed by atoms with van der Waals surface area (Å²) in [6.07, 6.45) is 1.53. The van der Waals surface area contributed by atoms with Crippen LogP contribution in [0.5, 0.6) is 5.75 Å². The van der Waals surface area contributed by atoms with E-state index >= 15 is 0 Å². The van der Waals surface area contributed by atoms with Crippen LogP contribution < -0.4 is 10.1 Å². The number of hydrogen-bond donors (Lipinski definition) is 1. The maximum atomic E-state index is 6.07. The Kier molecular flexibility index (Phi) is 5.06. The topological polar surface area (TPSA) is 47.0 Å². The lowest BCUT2D eigenvalue weighted by molar-refractivity contribution is 0.333. The van der Waals surface area contributed by atoms with Crippen LogP contribution in [0.3, 0.4) is 0 Å². The lowest BCUT2D eigenvalue weighted by atomic mass is 10.2. The lowest BCUT2D eigenvalue weighted by Crippen LogP contribution is -2.13. The van der Waals surface area contributed by atoms with Crippen LogP contribution >= 0.6 is 34.8 Å². The summed E-state index contributed by atoms with van der Waals surface area (Å²) in [6.45, 7) is 0.912. The first-order valence-electron chi connectivity index (χ1n) is 6.86. The molecule has 3 rings (SSSR count). The molecule has 0 aliphatic heterocycles. The summed E-state index contributed by atoms with van der Waals surface area (Å²) < 4.78 is 5.63. The standard InChI is InChI=1S/C16H12Cl3N3O/c17-10-7-12(18)15(13(19)8-10)23-6-5-20-16-11-3-1-2-4-14(11)21-9-22-16/h1-4,7-9H,5-6H2,(H,20,21,22). The van der Waals surface area contributed by atoms with Gasteiger partial charge in [-0.25, -0.2) is 9.97 Å². The highest BCUT2D eigenvalue weighted by Crippen LogP contribution is 2.35. The molecule has 1 N–H and O–H groups in total. The van der Waals surface area contributed by atoms with E-state index in [2.05, 4.69) is 15.3 Å². The Morgan fingerprint density at radius 3 is 2.52 bits per heavy atom. The number of nitrogens with zero attached hydrogens (tertiary/aromatic N) is 2. The van der Waals surface area contributed by atoms with Gasteiger partial charge in [-0.15, -0.1) is 0 Å². The second-order valence-corrected chi connectivity index (χ2v) is 5.96. The third-order valence-electron chi connectivity index (χ3n) is 3.15. The molecular formula is C16H12Cl3N3O. The third kappa shape index (κ3) is 3.78. The van der Waals surface area contributed by atoms with Gasteiger partial charge in [0, 0.05) is 10.4 Å². The molecule has 4 nitrogen and oxygen atoms in total. The second kappa shape index (κ2) is 7.21. The Hall–Kier alpha value is -1.75. The molecule has 0 atom stereocenters. The first-order valence-corrected chi connectivity index (χ1v) is 7.99. The largest absolute Gasteiger partial charge is 0.489 e. The molecule has 0 aliphatic carbocycles. The van der Waals surface area contributed by atoms with Crippen LogP contribution in [0.2, 0.25) is 15.1 Å². The average Bonchev–Trinajstić information content (AvgIpc) is 2.53. The molecule has 2 aromatic carbocycles. The zero-order valence-corrected chi connectivity index (χ0v) is 14.2. The average molecular weight is 369 g/mol. The van der Waals surface area contributed by atoms with Crippen LogP contribution in [-0.2, 0) is 0 Å². The van der Waals surface area contributed by atoms with E-state index in [9.17, 15) is 0 Å². The maximum Gasteiger partial charge on any atom is 0.156 e. The van der Waals surface area contributed by atoms with Gasteiger partial charge in [0.15, 0.2) is 5.75 Å². The fourth-order valence-electron chi connectivity index (χ4n) is 2.14. The number of anilines is 1. The quantitative estimate of drug-likeness (QED) is 0.638. The van der Waals surface area contributed by atoms with Crippen molar-refractivity contribution in [2.24, 2.45) is 0 Å². The molecule has 0 spiro atoms. The lowest BCUT2D eigenvalue weighted by Gasteiger charge is -2.12. The summed E-state index contributed by atoms with van der Waals surface area (Å²) in [4.78, 5) is 8.47. The SMILES string of the molecule is Clc1cc(Cl)c(OCCNc2ncnc3ccccc23)c(Cl)c1. The fraction of sp³-hybridized carbons (Fsp3) is 0.125. The molecule has 0 radical (unpaired) electrons. The van der Waals surface area contributed by atoms with Gasteiger partial charge >= 0.3 is 0 Å². The fourth-order valence-corrected chi connectivity index (χ4v) is 3.06. The van der Waals surface area contributed by atoms with Crippen LogP contribution in [0.1, 0.15) is 0 Å². The third-order valence-corrected chi connectivity index (χ3v) is 3.93. The van der Waals surface area contributed by atoms with Crippen molar-refractivity contribution in [3.8, 4) is 5.75 Å². The van der Waals surface area contributed by atoms with Gasteiger partial charge in [-0.2, -0.15) is 0 Å². The molecule has 0 unspecified atom stereocenters. The van der Waals surface area contributed by atoms with E-state index in [1.165, 1.54) is 6.33 Å². The zero-order chi connectivity index (χ0) is 16.2. The molecule has 1 heterocycles. The van der Waals surface area contributed by atoms with Crippen molar-refractivity contribution in [1.82, 2.24) is 9.97 Å². The van der Waals surface area contributed by atoms with Crippen molar-refractivity contribution in [2.75, 3.05) is 18.5 Å². The highest BCUT2D eigenvalue weighted by molar-refractivity contribution is 6.40. The van der Waals surface area contributed by atoms with Crippen molar-refractivity contribution in [1.29, 1.82) is 0 Å². The number of hydrogen-bond acceptors (Lipinski definition) is 4. The van der Waals surface area contributed by atoms with E-state index in [-0.39, 0.29) is 0 Å². The van der Waals surface area contributed by atoms with Gasteiger partial charge in [-0.05, 0) is 24.3 Å². The summed E-state index contributed by atoms with van der Waals surface area (Å²) in [7, 11) is 0. The molecule has 0 fully saturated rings. The molecule has 0 aliphatic rings. The highest BCUT2D eigenvalue weighted by atomic mass is 35.5. The highest BCUT2D eigenvalue weighted by Gasteiger charge is 2.09. The molecule has 0 amide bonds. The van der Waals surface area contributed by atoms with E-state index < -0.39 is 0 Å². The second-order valence-electron chi connectivity index (χ2n) is 4.71. The van der Waals surface area contributed by atoms with Crippen LogP contribution in [0.15, 0.2) is 42.7 Å². The monoisotopic (exact) mass is 367 g/mol. The number of nitrogens with one attached hydrogen (secondary N) is 1. The summed E-state index contributed by atoms with van der Waals surface area (Å²) in [5, 5.41) is 5.41. The Balaban J connectivity index is 1.64. The van der Waals surface area contributed by atoms with Gasteiger partial charge in [-0.3, -0.25) is 0 Å². The predicted molar refractivity (Wildman–Crippen MR) is 95.0 cm³/mol. The number of aromatic nitrogens is 2. The van der Waals surface area contributed by atoms with Crippen LogP contribution in [0.25, 0.3) is 10.9 Å². The van der Waals surface area contributed by atoms with Gasteiger partial charge in [0.1, 0.15) is 18.8 Å². The maximum absolute atomic E-state index is 6.07. The predicted octanol–water partition coefficient (Wildman–Crippen LogP) is 5.08. The molecule has 118 valence electrons. The number of fused-ring (bicyclic) bond motifs is 1. The summed E-state index contributed by atoms with van der Waals surface area (Å²) >= 11 is 18.0. The van der Waals surface area contributed by atoms with Gasteiger partial charge < -0.3 is 10.1 Å².